The van der Waals surface area contributed by atoms with E-state index in [1.165, 1.54) is 0 Å². The van der Waals surface area contributed by atoms with Crippen LogP contribution in [0.5, 0.6) is 0 Å². The van der Waals surface area contributed by atoms with Crippen molar-refractivity contribution in [1.29, 1.82) is 0 Å². The van der Waals surface area contributed by atoms with Crippen molar-refractivity contribution in [3.05, 3.63) is 77.9 Å². The number of carbonyl (C=O) groups is 2. The minimum atomic E-state index is -0.631. The van der Waals surface area contributed by atoms with Crippen molar-refractivity contribution in [3.8, 4) is 0 Å². The van der Waals surface area contributed by atoms with Crippen molar-refractivity contribution in [2.45, 2.75) is 0 Å². The maximum atomic E-state index is 12.4. The van der Waals surface area contributed by atoms with Gasteiger partial charge in [-0.2, -0.15) is 0 Å². The standard InChI is InChI=1S/C16H13NO2/c1-11(16(17)19)13-9-5-6-10-14(13)15(18)12-7-3-2-4-8-12/h2-10H,1H2,(H2,17,19). The van der Waals surface area contributed by atoms with Crippen molar-refractivity contribution in [2.24, 2.45) is 5.73 Å². The Bertz CT molecular complexity index is 645. The van der Waals surface area contributed by atoms with Gasteiger partial charge in [-0.15, -0.1) is 0 Å². The highest BCUT2D eigenvalue weighted by molar-refractivity contribution is 6.22. The maximum absolute atomic E-state index is 12.4. The van der Waals surface area contributed by atoms with Crippen LogP contribution in [0.3, 0.4) is 0 Å². The van der Waals surface area contributed by atoms with Gasteiger partial charge >= 0.3 is 0 Å². The summed E-state index contributed by atoms with van der Waals surface area (Å²) >= 11 is 0. The van der Waals surface area contributed by atoms with Crippen molar-refractivity contribution in [3.63, 3.8) is 0 Å². The summed E-state index contributed by atoms with van der Waals surface area (Å²) in [6.07, 6.45) is 0. The Morgan fingerprint density at radius 3 is 1.95 bits per heavy atom. The molecule has 19 heavy (non-hydrogen) atoms. The Kier molecular flexibility index (Phi) is 3.57. The van der Waals surface area contributed by atoms with E-state index >= 15 is 0 Å². The second kappa shape index (κ2) is 5.31. The van der Waals surface area contributed by atoms with E-state index in [2.05, 4.69) is 6.58 Å². The highest BCUT2D eigenvalue weighted by Gasteiger charge is 2.16. The van der Waals surface area contributed by atoms with Gasteiger partial charge in [-0.25, -0.2) is 0 Å². The summed E-state index contributed by atoms with van der Waals surface area (Å²) in [5, 5.41) is 0. The molecule has 2 aromatic rings. The highest BCUT2D eigenvalue weighted by Crippen LogP contribution is 2.20. The molecule has 0 aliphatic rings. The molecular weight excluding hydrogens is 238 g/mol. The number of ketones is 1. The van der Waals surface area contributed by atoms with Crippen LogP contribution in [0.4, 0.5) is 0 Å². The van der Waals surface area contributed by atoms with E-state index in [4.69, 9.17) is 5.73 Å². The zero-order valence-electron chi connectivity index (χ0n) is 10.3. The van der Waals surface area contributed by atoms with Crippen LogP contribution in [0, 0.1) is 0 Å². The minimum Gasteiger partial charge on any atom is -0.366 e. The lowest BCUT2D eigenvalue weighted by Gasteiger charge is -2.08. The molecule has 2 N–H and O–H groups in total. The molecule has 0 saturated heterocycles. The van der Waals surface area contributed by atoms with Gasteiger partial charge in [-0.3, -0.25) is 9.59 Å². The predicted octanol–water partition coefficient (Wildman–Crippen LogP) is 2.42. The number of carbonyl (C=O) groups excluding carboxylic acids is 2. The molecule has 2 rings (SSSR count). The molecule has 0 fully saturated rings. The Labute approximate surface area is 111 Å². The third-order valence-electron chi connectivity index (χ3n) is 2.83. The summed E-state index contributed by atoms with van der Waals surface area (Å²) in [4.78, 5) is 23.6. The van der Waals surface area contributed by atoms with Crippen LogP contribution in [0.15, 0.2) is 61.2 Å². The molecule has 0 aliphatic carbocycles. The van der Waals surface area contributed by atoms with Gasteiger partial charge in [0.25, 0.3) is 0 Å². The number of amides is 1. The summed E-state index contributed by atoms with van der Waals surface area (Å²) < 4.78 is 0. The van der Waals surface area contributed by atoms with E-state index in [1.807, 2.05) is 6.07 Å². The highest BCUT2D eigenvalue weighted by atomic mass is 16.1. The maximum Gasteiger partial charge on any atom is 0.248 e. The average molecular weight is 251 g/mol. The lowest BCUT2D eigenvalue weighted by atomic mass is 9.94. The SMILES string of the molecule is C=C(C(N)=O)c1ccccc1C(=O)c1ccccc1. The summed E-state index contributed by atoms with van der Waals surface area (Å²) in [6.45, 7) is 3.63. The topological polar surface area (TPSA) is 60.2 Å². The molecule has 94 valence electrons. The van der Waals surface area contributed by atoms with Crippen molar-refractivity contribution < 1.29 is 9.59 Å². The summed E-state index contributed by atoms with van der Waals surface area (Å²) in [7, 11) is 0. The fourth-order valence-electron chi connectivity index (χ4n) is 1.82. The van der Waals surface area contributed by atoms with Crippen LogP contribution in [-0.2, 0) is 4.79 Å². The third kappa shape index (κ3) is 2.60. The van der Waals surface area contributed by atoms with Gasteiger partial charge in [0.2, 0.25) is 5.91 Å². The lowest BCUT2D eigenvalue weighted by Crippen LogP contribution is -2.15. The molecule has 0 bridgehead atoms. The van der Waals surface area contributed by atoms with Crippen LogP contribution in [0.2, 0.25) is 0 Å². The van der Waals surface area contributed by atoms with Gasteiger partial charge in [0.15, 0.2) is 5.78 Å². The minimum absolute atomic E-state index is 0.139. The zero-order chi connectivity index (χ0) is 13.8. The van der Waals surface area contributed by atoms with E-state index in [-0.39, 0.29) is 11.4 Å². The fourth-order valence-corrected chi connectivity index (χ4v) is 1.82. The van der Waals surface area contributed by atoms with Gasteiger partial charge in [-0.1, -0.05) is 61.2 Å². The first-order chi connectivity index (χ1) is 9.11. The second-order valence-corrected chi connectivity index (χ2v) is 4.08. The number of hydrogen-bond donors (Lipinski definition) is 1. The lowest BCUT2D eigenvalue weighted by molar-refractivity contribution is -0.112. The van der Waals surface area contributed by atoms with Crippen molar-refractivity contribution in [1.82, 2.24) is 0 Å². The Morgan fingerprint density at radius 1 is 0.842 bits per heavy atom. The van der Waals surface area contributed by atoms with Gasteiger partial charge in [0.1, 0.15) is 0 Å². The molecule has 0 heterocycles. The monoisotopic (exact) mass is 251 g/mol. The quantitative estimate of drug-likeness (QED) is 0.670. The molecule has 0 spiro atoms. The molecule has 0 unspecified atom stereocenters. The first kappa shape index (κ1) is 12.8. The average Bonchev–Trinajstić information content (AvgIpc) is 2.46. The van der Waals surface area contributed by atoms with Gasteiger partial charge in [-0.05, 0) is 5.56 Å². The summed E-state index contributed by atoms with van der Waals surface area (Å²) in [5.74, 6) is -0.785. The van der Waals surface area contributed by atoms with Crippen LogP contribution >= 0.6 is 0 Å². The van der Waals surface area contributed by atoms with Crippen LogP contribution in [-0.4, -0.2) is 11.7 Å². The largest absolute Gasteiger partial charge is 0.366 e. The summed E-state index contributed by atoms with van der Waals surface area (Å²) in [5.41, 5.74) is 6.83. The fraction of sp³-hybridized carbons (Fsp3) is 0. The van der Waals surface area contributed by atoms with Gasteiger partial charge in [0.05, 0.1) is 0 Å². The van der Waals surface area contributed by atoms with E-state index in [0.717, 1.165) is 0 Å². The molecule has 0 aliphatic heterocycles. The Hall–Kier alpha value is -2.68. The smallest absolute Gasteiger partial charge is 0.248 e. The number of benzene rings is 2. The van der Waals surface area contributed by atoms with Gasteiger partial charge < -0.3 is 5.73 Å². The first-order valence-electron chi connectivity index (χ1n) is 5.79. The van der Waals surface area contributed by atoms with Crippen molar-refractivity contribution in [2.75, 3.05) is 0 Å². The molecule has 2 aromatic carbocycles. The van der Waals surface area contributed by atoms with Crippen LogP contribution in [0.1, 0.15) is 21.5 Å². The summed E-state index contributed by atoms with van der Waals surface area (Å²) in [6, 6.07) is 15.7. The molecule has 0 saturated carbocycles. The molecule has 3 nitrogen and oxygen atoms in total. The van der Waals surface area contributed by atoms with E-state index in [0.29, 0.717) is 16.7 Å². The molecule has 1 amide bonds. The van der Waals surface area contributed by atoms with E-state index in [9.17, 15) is 9.59 Å². The third-order valence-corrected chi connectivity index (χ3v) is 2.83. The number of hydrogen-bond acceptors (Lipinski definition) is 2. The first-order valence-corrected chi connectivity index (χ1v) is 5.79. The molecular formula is C16H13NO2. The molecule has 0 aromatic heterocycles. The van der Waals surface area contributed by atoms with Crippen molar-refractivity contribution >= 4 is 17.3 Å². The van der Waals surface area contributed by atoms with Crippen LogP contribution < -0.4 is 5.73 Å². The number of nitrogens with two attached hydrogens (primary N) is 1. The zero-order valence-corrected chi connectivity index (χ0v) is 10.3. The Morgan fingerprint density at radius 2 is 1.37 bits per heavy atom. The van der Waals surface area contributed by atoms with Crippen LogP contribution in [0.25, 0.3) is 5.57 Å². The predicted molar refractivity (Wildman–Crippen MR) is 74.5 cm³/mol. The van der Waals surface area contributed by atoms with E-state index < -0.39 is 5.91 Å². The van der Waals surface area contributed by atoms with Gasteiger partial charge in [0, 0.05) is 16.7 Å². The molecule has 3 heteroatoms. The second-order valence-electron chi connectivity index (χ2n) is 4.08. The number of rotatable bonds is 4. The molecule has 0 atom stereocenters. The number of primary amides is 1. The Balaban J connectivity index is 2.49. The van der Waals surface area contributed by atoms with E-state index in [1.54, 1.807) is 48.5 Å². The normalized spacial score (nSPS) is 9.89. The molecule has 0 radical (unpaired) electrons.